The van der Waals surface area contributed by atoms with E-state index < -0.39 is 0 Å². The van der Waals surface area contributed by atoms with Crippen LogP contribution in [0, 0.1) is 0 Å². The molecule has 2 rings (SSSR count). The van der Waals surface area contributed by atoms with E-state index in [0.29, 0.717) is 13.1 Å². The van der Waals surface area contributed by atoms with E-state index >= 15 is 0 Å². The molecule has 1 unspecified atom stereocenters. The fourth-order valence-corrected chi connectivity index (χ4v) is 3.04. The molecule has 0 saturated carbocycles. The molecule has 1 aliphatic heterocycles. The van der Waals surface area contributed by atoms with Crippen molar-refractivity contribution in [2.45, 2.75) is 31.8 Å². The number of nitrogens with zero attached hydrogens (tertiary/aromatic N) is 1. The number of nitrogens with two attached hydrogens (primary N) is 1. The Morgan fingerprint density at radius 2 is 2.16 bits per heavy atom. The molecule has 1 atom stereocenters. The minimum Gasteiger partial charge on any atom is -0.330 e. The van der Waals surface area contributed by atoms with E-state index in [1.807, 2.05) is 29.2 Å². The van der Waals surface area contributed by atoms with Crippen LogP contribution in [0.2, 0.25) is 0 Å². The number of nitrogens with one attached hydrogen (secondary N) is 1. The Balaban J connectivity index is 2.18. The topological polar surface area (TPSA) is 58.4 Å². The Kier molecular flexibility index (Phi) is 4.16. The fraction of sp³-hybridized carbons (Fsp3) is 0.500. The molecule has 1 heterocycles. The molecule has 1 fully saturated rings. The number of amides is 2. The lowest BCUT2D eigenvalue weighted by molar-refractivity contribution is 0.153. The number of benzene rings is 1. The highest BCUT2D eigenvalue weighted by molar-refractivity contribution is 9.10. The summed E-state index contributed by atoms with van der Waals surface area (Å²) in [5.41, 5.74) is 6.53. The van der Waals surface area contributed by atoms with E-state index in [1.54, 1.807) is 0 Å². The van der Waals surface area contributed by atoms with Gasteiger partial charge in [0.1, 0.15) is 0 Å². The standard InChI is InChI=1S/C14H20BrN3O/c1-14(2,7-8-16)18-9-12(17-13(18)19)10-5-3-4-6-11(10)15/h3-6,12H,7-9,16H2,1-2H3,(H,17,19). The van der Waals surface area contributed by atoms with Crippen molar-refractivity contribution in [2.75, 3.05) is 13.1 Å². The van der Waals surface area contributed by atoms with Crippen molar-refractivity contribution in [3.05, 3.63) is 34.3 Å². The van der Waals surface area contributed by atoms with Gasteiger partial charge in [-0.1, -0.05) is 34.1 Å². The van der Waals surface area contributed by atoms with Crippen LogP contribution >= 0.6 is 15.9 Å². The molecule has 3 N–H and O–H groups in total. The third-order valence-electron chi connectivity index (χ3n) is 3.68. The van der Waals surface area contributed by atoms with Crippen molar-refractivity contribution in [2.24, 2.45) is 5.73 Å². The maximum Gasteiger partial charge on any atom is 0.318 e. The normalized spacial score (nSPS) is 19.7. The molecule has 1 saturated heterocycles. The van der Waals surface area contributed by atoms with Gasteiger partial charge in [0.25, 0.3) is 0 Å². The first-order valence-corrected chi connectivity index (χ1v) is 7.27. The summed E-state index contributed by atoms with van der Waals surface area (Å²) in [6.45, 7) is 5.37. The van der Waals surface area contributed by atoms with Crippen LogP contribution < -0.4 is 11.1 Å². The Labute approximate surface area is 122 Å². The van der Waals surface area contributed by atoms with Crippen LogP contribution in [-0.2, 0) is 0 Å². The van der Waals surface area contributed by atoms with E-state index in [2.05, 4.69) is 35.1 Å². The minimum absolute atomic E-state index is 0.0146. The van der Waals surface area contributed by atoms with Crippen LogP contribution in [0.4, 0.5) is 4.79 Å². The predicted molar refractivity (Wildman–Crippen MR) is 79.9 cm³/mol. The van der Waals surface area contributed by atoms with Crippen LogP contribution in [0.25, 0.3) is 0 Å². The van der Waals surface area contributed by atoms with Crippen molar-refractivity contribution in [1.82, 2.24) is 10.2 Å². The van der Waals surface area contributed by atoms with Gasteiger partial charge in [0.05, 0.1) is 6.04 Å². The SMILES string of the molecule is CC(C)(CCN)N1CC(c2ccccc2Br)NC1=O. The van der Waals surface area contributed by atoms with Gasteiger partial charge in [0, 0.05) is 16.6 Å². The second-order valence-electron chi connectivity index (χ2n) is 5.49. The molecule has 1 aromatic rings. The summed E-state index contributed by atoms with van der Waals surface area (Å²) >= 11 is 3.54. The van der Waals surface area contributed by atoms with Crippen molar-refractivity contribution < 1.29 is 4.79 Å². The molecule has 5 heteroatoms. The van der Waals surface area contributed by atoms with E-state index in [9.17, 15) is 4.79 Å². The summed E-state index contributed by atoms with van der Waals surface area (Å²) in [6, 6.07) is 8.00. The van der Waals surface area contributed by atoms with Crippen molar-refractivity contribution in [3.8, 4) is 0 Å². The first-order chi connectivity index (χ1) is 8.95. The van der Waals surface area contributed by atoms with Crippen LogP contribution in [0.3, 0.4) is 0 Å². The maximum atomic E-state index is 12.1. The molecule has 0 bridgehead atoms. The molecule has 4 nitrogen and oxygen atoms in total. The van der Waals surface area contributed by atoms with E-state index in [4.69, 9.17) is 5.73 Å². The quantitative estimate of drug-likeness (QED) is 0.894. The highest BCUT2D eigenvalue weighted by Crippen LogP contribution is 2.31. The molecule has 0 aliphatic carbocycles. The first kappa shape index (κ1) is 14.3. The van der Waals surface area contributed by atoms with Gasteiger partial charge in [0.15, 0.2) is 0 Å². The van der Waals surface area contributed by atoms with Crippen molar-refractivity contribution in [3.63, 3.8) is 0 Å². The molecular formula is C14H20BrN3O. The Bertz CT molecular complexity index is 476. The van der Waals surface area contributed by atoms with Gasteiger partial charge < -0.3 is 16.0 Å². The summed E-state index contributed by atoms with van der Waals surface area (Å²) in [5.74, 6) is 0. The predicted octanol–water partition coefficient (Wildman–Crippen LogP) is 2.64. The lowest BCUT2D eigenvalue weighted by Crippen LogP contribution is -2.46. The number of hydrogen-bond acceptors (Lipinski definition) is 2. The second kappa shape index (κ2) is 5.51. The van der Waals surface area contributed by atoms with Gasteiger partial charge >= 0.3 is 6.03 Å². The third-order valence-corrected chi connectivity index (χ3v) is 4.40. The van der Waals surface area contributed by atoms with Gasteiger partial charge in [-0.2, -0.15) is 0 Å². The summed E-state index contributed by atoms with van der Waals surface area (Å²) in [7, 11) is 0. The number of carbonyl (C=O) groups is 1. The largest absolute Gasteiger partial charge is 0.330 e. The summed E-state index contributed by atoms with van der Waals surface area (Å²) in [4.78, 5) is 14.0. The zero-order valence-electron chi connectivity index (χ0n) is 11.3. The number of urea groups is 1. The van der Waals surface area contributed by atoms with Crippen LogP contribution in [0.1, 0.15) is 31.9 Å². The van der Waals surface area contributed by atoms with Gasteiger partial charge in [-0.25, -0.2) is 4.79 Å². The first-order valence-electron chi connectivity index (χ1n) is 6.48. The fourth-order valence-electron chi connectivity index (χ4n) is 2.48. The molecule has 1 aromatic carbocycles. The molecule has 0 spiro atoms. The van der Waals surface area contributed by atoms with Crippen LogP contribution in [0.5, 0.6) is 0 Å². The van der Waals surface area contributed by atoms with E-state index in [0.717, 1.165) is 16.5 Å². The molecule has 0 radical (unpaired) electrons. The summed E-state index contributed by atoms with van der Waals surface area (Å²) < 4.78 is 1.03. The van der Waals surface area contributed by atoms with Crippen molar-refractivity contribution in [1.29, 1.82) is 0 Å². The summed E-state index contributed by atoms with van der Waals surface area (Å²) in [5, 5.41) is 3.04. The summed E-state index contributed by atoms with van der Waals surface area (Å²) in [6.07, 6.45) is 0.795. The van der Waals surface area contributed by atoms with Crippen LogP contribution in [0.15, 0.2) is 28.7 Å². The highest BCUT2D eigenvalue weighted by Gasteiger charge is 2.38. The molecule has 0 aromatic heterocycles. The molecule has 104 valence electrons. The number of rotatable bonds is 4. The average molecular weight is 326 g/mol. The molecular weight excluding hydrogens is 306 g/mol. The van der Waals surface area contributed by atoms with Crippen LogP contribution in [-0.4, -0.2) is 29.6 Å². The Morgan fingerprint density at radius 1 is 1.47 bits per heavy atom. The Hall–Kier alpha value is -1.07. The lowest BCUT2D eigenvalue weighted by Gasteiger charge is -2.34. The zero-order chi connectivity index (χ0) is 14.0. The van der Waals surface area contributed by atoms with Gasteiger partial charge in [-0.3, -0.25) is 0 Å². The lowest BCUT2D eigenvalue weighted by atomic mass is 9.98. The van der Waals surface area contributed by atoms with Gasteiger partial charge in [-0.15, -0.1) is 0 Å². The third kappa shape index (κ3) is 2.92. The van der Waals surface area contributed by atoms with Gasteiger partial charge in [0.2, 0.25) is 0 Å². The Morgan fingerprint density at radius 3 is 2.79 bits per heavy atom. The maximum absolute atomic E-state index is 12.1. The number of halogens is 1. The van der Waals surface area contributed by atoms with E-state index in [-0.39, 0.29) is 17.6 Å². The number of carbonyl (C=O) groups excluding carboxylic acids is 1. The second-order valence-corrected chi connectivity index (χ2v) is 6.34. The monoisotopic (exact) mass is 325 g/mol. The van der Waals surface area contributed by atoms with Gasteiger partial charge in [-0.05, 0) is 38.4 Å². The number of hydrogen-bond donors (Lipinski definition) is 2. The minimum atomic E-state index is -0.213. The molecule has 1 aliphatic rings. The van der Waals surface area contributed by atoms with E-state index in [1.165, 1.54) is 0 Å². The molecule has 19 heavy (non-hydrogen) atoms. The smallest absolute Gasteiger partial charge is 0.318 e. The van der Waals surface area contributed by atoms with Crippen molar-refractivity contribution >= 4 is 22.0 Å². The molecule has 2 amide bonds. The average Bonchev–Trinajstić information content (AvgIpc) is 2.72. The highest BCUT2D eigenvalue weighted by atomic mass is 79.9. The zero-order valence-corrected chi connectivity index (χ0v) is 12.9.